The lowest BCUT2D eigenvalue weighted by atomic mass is 10.1. The average Bonchev–Trinajstić information content (AvgIpc) is 2.49. The molecule has 0 saturated carbocycles. The number of piperazine rings is 1. The van der Waals surface area contributed by atoms with Gasteiger partial charge in [-0.1, -0.05) is 0 Å². The number of nitrogens with zero attached hydrogens (tertiary/aromatic N) is 3. The van der Waals surface area contributed by atoms with Gasteiger partial charge in [-0.3, -0.25) is 0 Å². The van der Waals surface area contributed by atoms with E-state index in [0.717, 1.165) is 36.6 Å². The van der Waals surface area contributed by atoms with Crippen molar-refractivity contribution in [3.63, 3.8) is 0 Å². The minimum absolute atomic E-state index is 0.430. The summed E-state index contributed by atoms with van der Waals surface area (Å²) in [7, 11) is 0. The highest BCUT2D eigenvalue weighted by molar-refractivity contribution is 5.76. The molecule has 0 spiro atoms. The number of pyridine rings is 2. The van der Waals surface area contributed by atoms with E-state index in [1.807, 2.05) is 30.6 Å². The van der Waals surface area contributed by atoms with Crippen LogP contribution in [0.15, 0.2) is 36.7 Å². The van der Waals surface area contributed by atoms with E-state index in [9.17, 15) is 0 Å². The van der Waals surface area contributed by atoms with Crippen LogP contribution < -0.4 is 16.0 Å². The third-order valence-corrected chi connectivity index (χ3v) is 3.66. The van der Waals surface area contributed by atoms with Crippen molar-refractivity contribution in [1.29, 1.82) is 0 Å². The molecule has 3 heterocycles. The number of nitrogens with one attached hydrogen (secondary N) is 1. The summed E-state index contributed by atoms with van der Waals surface area (Å²) in [6, 6.07) is 8.30. The van der Waals surface area contributed by atoms with E-state index < -0.39 is 0 Å². The molecule has 20 heavy (non-hydrogen) atoms. The van der Waals surface area contributed by atoms with Crippen molar-refractivity contribution in [2.45, 2.75) is 13.0 Å². The maximum absolute atomic E-state index is 5.66. The van der Waals surface area contributed by atoms with Crippen molar-refractivity contribution in [3.05, 3.63) is 36.7 Å². The molecule has 1 aliphatic heterocycles. The zero-order chi connectivity index (χ0) is 13.9. The van der Waals surface area contributed by atoms with E-state index in [0.29, 0.717) is 11.9 Å². The average molecular weight is 269 g/mol. The number of nitrogen functional groups attached to an aromatic ring is 1. The molecular weight excluding hydrogens is 250 g/mol. The summed E-state index contributed by atoms with van der Waals surface area (Å²) in [6.45, 7) is 5.15. The van der Waals surface area contributed by atoms with Crippen molar-refractivity contribution in [3.8, 4) is 11.1 Å². The fourth-order valence-electron chi connectivity index (χ4n) is 2.57. The maximum atomic E-state index is 5.66. The zero-order valence-corrected chi connectivity index (χ0v) is 11.6. The van der Waals surface area contributed by atoms with E-state index in [2.05, 4.69) is 33.2 Å². The largest absolute Gasteiger partial charge is 0.384 e. The minimum atomic E-state index is 0.430. The van der Waals surface area contributed by atoms with Crippen LogP contribution in [0.2, 0.25) is 0 Å². The van der Waals surface area contributed by atoms with Crippen molar-refractivity contribution < 1.29 is 0 Å². The summed E-state index contributed by atoms with van der Waals surface area (Å²) in [5, 5.41) is 3.40. The number of aromatic nitrogens is 2. The molecule has 2 aromatic rings. The Morgan fingerprint density at radius 3 is 2.95 bits per heavy atom. The summed E-state index contributed by atoms with van der Waals surface area (Å²) >= 11 is 0. The standard InChI is InChI=1S/C15H19N5/c1-11-9-17-7-8-20(11)15-13(3-2-6-18-15)12-4-5-14(16)19-10-12/h2-6,10-11,17H,7-9H2,1H3,(H2,16,19)/t11-/m0/s1. The van der Waals surface area contributed by atoms with Crippen LogP contribution in [-0.4, -0.2) is 35.6 Å². The van der Waals surface area contributed by atoms with Gasteiger partial charge in [0.15, 0.2) is 0 Å². The highest BCUT2D eigenvalue weighted by atomic mass is 15.3. The summed E-state index contributed by atoms with van der Waals surface area (Å²) in [4.78, 5) is 11.1. The second kappa shape index (κ2) is 5.46. The second-order valence-corrected chi connectivity index (χ2v) is 5.09. The van der Waals surface area contributed by atoms with Crippen molar-refractivity contribution in [2.24, 2.45) is 0 Å². The van der Waals surface area contributed by atoms with Crippen molar-refractivity contribution in [1.82, 2.24) is 15.3 Å². The zero-order valence-electron chi connectivity index (χ0n) is 11.6. The molecular formula is C15H19N5. The van der Waals surface area contributed by atoms with Crippen LogP contribution in [0.4, 0.5) is 11.6 Å². The molecule has 0 unspecified atom stereocenters. The van der Waals surface area contributed by atoms with Crippen LogP contribution in [0.3, 0.4) is 0 Å². The predicted molar refractivity (Wildman–Crippen MR) is 81.6 cm³/mol. The van der Waals surface area contributed by atoms with Gasteiger partial charge in [0.05, 0.1) is 0 Å². The van der Waals surface area contributed by atoms with Crippen LogP contribution in [0.25, 0.3) is 11.1 Å². The first-order valence-electron chi connectivity index (χ1n) is 6.90. The molecule has 3 rings (SSSR count). The number of rotatable bonds is 2. The van der Waals surface area contributed by atoms with Crippen LogP contribution in [0.5, 0.6) is 0 Å². The van der Waals surface area contributed by atoms with Gasteiger partial charge in [0, 0.05) is 49.2 Å². The van der Waals surface area contributed by atoms with Gasteiger partial charge in [-0.2, -0.15) is 0 Å². The predicted octanol–water partition coefficient (Wildman–Crippen LogP) is 1.52. The Kier molecular flexibility index (Phi) is 3.52. The second-order valence-electron chi connectivity index (χ2n) is 5.09. The summed E-state index contributed by atoms with van der Waals surface area (Å²) in [5.41, 5.74) is 7.82. The molecule has 0 amide bonds. The molecule has 1 atom stereocenters. The van der Waals surface area contributed by atoms with Gasteiger partial charge >= 0.3 is 0 Å². The molecule has 2 aromatic heterocycles. The minimum Gasteiger partial charge on any atom is -0.384 e. The SMILES string of the molecule is C[C@H]1CNCCN1c1ncccc1-c1ccc(N)nc1. The quantitative estimate of drug-likeness (QED) is 0.865. The van der Waals surface area contributed by atoms with Crippen LogP contribution >= 0.6 is 0 Å². The molecule has 104 valence electrons. The first kappa shape index (κ1) is 12.9. The summed E-state index contributed by atoms with van der Waals surface area (Å²) in [6.07, 6.45) is 3.65. The third kappa shape index (κ3) is 2.44. The molecule has 5 heteroatoms. The number of anilines is 2. The Hall–Kier alpha value is -2.14. The maximum Gasteiger partial charge on any atom is 0.136 e. The highest BCUT2D eigenvalue weighted by Crippen LogP contribution is 2.30. The van der Waals surface area contributed by atoms with Crippen molar-refractivity contribution in [2.75, 3.05) is 30.3 Å². The van der Waals surface area contributed by atoms with Gasteiger partial charge in [-0.15, -0.1) is 0 Å². The normalized spacial score (nSPS) is 19.1. The lowest BCUT2D eigenvalue weighted by Gasteiger charge is -2.36. The Bertz CT molecular complexity index is 581. The smallest absolute Gasteiger partial charge is 0.136 e. The monoisotopic (exact) mass is 269 g/mol. The highest BCUT2D eigenvalue weighted by Gasteiger charge is 2.22. The lowest BCUT2D eigenvalue weighted by molar-refractivity contribution is 0.497. The van der Waals surface area contributed by atoms with Gasteiger partial charge in [0.2, 0.25) is 0 Å². The number of hydrogen-bond donors (Lipinski definition) is 2. The topological polar surface area (TPSA) is 67.1 Å². The Balaban J connectivity index is 2.01. The fourth-order valence-corrected chi connectivity index (χ4v) is 2.57. The van der Waals surface area contributed by atoms with E-state index in [-0.39, 0.29) is 0 Å². The number of nitrogens with two attached hydrogens (primary N) is 1. The lowest BCUT2D eigenvalue weighted by Crippen LogP contribution is -2.50. The van der Waals surface area contributed by atoms with E-state index >= 15 is 0 Å². The molecule has 0 radical (unpaired) electrons. The van der Waals surface area contributed by atoms with Gasteiger partial charge < -0.3 is 16.0 Å². The molecule has 0 bridgehead atoms. The fraction of sp³-hybridized carbons (Fsp3) is 0.333. The van der Waals surface area contributed by atoms with E-state index in [4.69, 9.17) is 5.73 Å². The Labute approximate surface area is 118 Å². The first-order chi connectivity index (χ1) is 9.75. The Morgan fingerprint density at radius 2 is 2.20 bits per heavy atom. The first-order valence-corrected chi connectivity index (χ1v) is 6.90. The van der Waals surface area contributed by atoms with Gasteiger partial charge in [0.1, 0.15) is 11.6 Å². The molecule has 3 N–H and O–H groups in total. The van der Waals surface area contributed by atoms with Crippen LogP contribution in [-0.2, 0) is 0 Å². The summed E-state index contributed by atoms with van der Waals surface area (Å²) in [5.74, 6) is 1.56. The molecule has 1 saturated heterocycles. The molecule has 1 fully saturated rings. The van der Waals surface area contributed by atoms with E-state index in [1.54, 1.807) is 0 Å². The van der Waals surface area contributed by atoms with Gasteiger partial charge in [-0.25, -0.2) is 9.97 Å². The van der Waals surface area contributed by atoms with Crippen molar-refractivity contribution >= 4 is 11.6 Å². The molecule has 0 aromatic carbocycles. The van der Waals surface area contributed by atoms with E-state index in [1.165, 1.54) is 0 Å². The van der Waals surface area contributed by atoms with Gasteiger partial charge in [0.25, 0.3) is 0 Å². The van der Waals surface area contributed by atoms with Gasteiger partial charge in [-0.05, 0) is 31.2 Å². The summed E-state index contributed by atoms with van der Waals surface area (Å²) < 4.78 is 0. The third-order valence-electron chi connectivity index (χ3n) is 3.66. The molecule has 0 aliphatic carbocycles. The number of hydrogen-bond acceptors (Lipinski definition) is 5. The Morgan fingerprint density at radius 1 is 1.30 bits per heavy atom. The van der Waals surface area contributed by atoms with Crippen LogP contribution in [0.1, 0.15) is 6.92 Å². The molecule has 1 aliphatic rings. The molecule has 5 nitrogen and oxygen atoms in total. The van der Waals surface area contributed by atoms with Crippen LogP contribution in [0, 0.1) is 0 Å².